The number of ether oxygens (including phenoxy) is 2. The van der Waals surface area contributed by atoms with Crippen LogP contribution in [0.25, 0.3) is 11.4 Å². The van der Waals surface area contributed by atoms with Gasteiger partial charge < -0.3 is 25.5 Å². The summed E-state index contributed by atoms with van der Waals surface area (Å²) in [5.41, 5.74) is 2.46. The molecule has 2 aromatic carbocycles. The summed E-state index contributed by atoms with van der Waals surface area (Å²) >= 11 is 1.13. The molecule has 10 nitrogen and oxygen atoms in total. The lowest BCUT2D eigenvalue weighted by molar-refractivity contribution is -0.131. The Kier molecular flexibility index (Phi) is 7.78. The molecular formula is C22H26N6O4S. The van der Waals surface area contributed by atoms with Crippen LogP contribution in [0.5, 0.6) is 11.5 Å². The summed E-state index contributed by atoms with van der Waals surface area (Å²) in [6.07, 6.45) is 0. The molecule has 0 radical (unpaired) electrons. The number of rotatable bonds is 9. The second-order valence-corrected chi connectivity index (χ2v) is 8.14. The van der Waals surface area contributed by atoms with Gasteiger partial charge in [0.1, 0.15) is 0 Å². The Hall–Kier alpha value is -3.73. The lowest BCUT2D eigenvalue weighted by Gasteiger charge is -2.16. The number of nitrogen functional groups attached to an aromatic ring is 1. The van der Waals surface area contributed by atoms with Gasteiger partial charge in [-0.2, -0.15) is 0 Å². The molecule has 0 unspecified atom stereocenters. The number of aromatic nitrogens is 3. The van der Waals surface area contributed by atoms with Crippen molar-refractivity contribution in [2.24, 2.45) is 0 Å². The molecule has 0 bridgehead atoms. The number of aryl methyl sites for hydroxylation is 1. The minimum Gasteiger partial charge on any atom is -0.493 e. The minimum atomic E-state index is -0.280. The van der Waals surface area contributed by atoms with E-state index < -0.39 is 0 Å². The van der Waals surface area contributed by atoms with Crippen molar-refractivity contribution in [2.75, 3.05) is 44.7 Å². The van der Waals surface area contributed by atoms with Crippen LogP contribution in [-0.4, -0.2) is 65.2 Å². The van der Waals surface area contributed by atoms with Gasteiger partial charge in [-0.3, -0.25) is 9.59 Å². The molecule has 1 aromatic heterocycles. The number of thioether (sulfide) groups is 1. The van der Waals surface area contributed by atoms with Gasteiger partial charge >= 0.3 is 0 Å². The highest BCUT2D eigenvalue weighted by atomic mass is 32.2. The Labute approximate surface area is 196 Å². The van der Waals surface area contributed by atoms with E-state index in [0.29, 0.717) is 33.7 Å². The maximum atomic E-state index is 12.5. The van der Waals surface area contributed by atoms with Gasteiger partial charge in [0.15, 0.2) is 17.3 Å². The topological polar surface area (TPSA) is 125 Å². The number of carbonyl (C=O) groups excluding carboxylic acids is 2. The molecule has 0 saturated heterocycles. The quantitative estimate of drug-likeness (QED) is 0.360. The predicted molar refractivity (Wildman–Crippen MR) is 127 cm³/mol. The highest BCUT2D eigenvalue weighted by Gasteiger charge is 2.18. The molecule has 0 aliphatic rings. The van der Waals surface area contributed by atoms with Gasteiger partial charge in [-0.1, -0.05) is 29.5 Å². The smallest absolute Gasteiger partial charge is 0.243 e. The van der Waals surface area contributed by atoms with E-state index in [1.165, 1.54) is 9.58 Å². The van der Waals surface area contributed by atoms with Gasteiger partial charge in [0.2, 0.25) is 17.0 Å². The average molecular weight is 471 g/mol. The third-order valence-corrected chi connectivity index (χ3v) is 5.70. The molecule has 3 N–H and O–H groups in total. The molecule has 33 heavy (non-hydrogen) atoms. The number of benzene rings is 2. The van der Waals surface area contributed by atoms with Crippen molar-refractivity contribution in [1.82, 2.24) is 19.8 Å². The van der Waals surface area contributed by atoms with E-state index in [-0.39, 0.29) is 24.1 Å². The third-order valence-electron chi connectivity index (χ3n) is 4.77. The number of amides is 2. The number of hydrogen-bond acceptors (Lipinski definition) is 8. The zero-order chi connectivity index (χ0) is 24.0. The molecule has 1 heterocycles. The molecule has 11 heteroatoms. The standard InChI is InChI=1S/C22H26N6O4S/c1-14-5-8-16(9-6-14)24-19(29)12-27(2)20(30)13-33-22-26-25-21(28(22)23)15-7-10-17(31-3)18(11-15)32-4/h5-11H,12-13,23H2,1-4H3,(H,24,29). The molecule has 0 aliphatic carbocycles. The number of anilines is 1. The molecule has 0 saturated carbocycles. The fourth-order valence-electron chi connectivity index (χ4n) is 2.93. The Balaban J connectivity index is 1.57. The fraction of sp³-hybridized carbons (Fsp3) is 0.273. The van der Waals surface area contributed by atoms with Gasteiger partial charge in [-0.05, 0) is 37.3 Å². The van der Waals surface area contributed by atoms with E-state index in [1.54, 1.807) is 39.5 Å². The molecule has 2 amide bonds. The largest absolute Gasteiger partial charge is 0.493 e. The van der Waals surface area contributed by atoms with Crippen molar-refractivity contribution in [3.05, 3.63) is 48.0 Å². The summed E-state index contributed by atoms with van der Waals surface area (Å²) in [7, 11) is 4.66. The number of nitrogens with zero attached hydrogens (tertiary/aromatic N) is 4. The van der Waals surface area contributed by atoms with E-state index in [2.05, 4.69) is 15.5 Å². The lowest BCUT2D eigenvalue weighted by atomic mass is 10.2. The summed E-state index contributed by atoms with van der Waals surface area (Å²) < 4.78 is 11.9. The zero-order valence-corrected chi connectivity index (χ0v) is 19.7. The van der Waals surface area contributed by atoms with E-state index in [0.717, 1.165) is 17.3 Å². The minimum absolute atomic E-state index is 0.0512. The normalized spacial score (nSPS) is 10.5. The number of hydrogen-bond donors (Lipinski definition) is 2. The second kappa shape index (κ2) is 10.7. The van der Waals surface area contributed by atoms with Crippen LogP contribution in [0, 0.1) is 6.92 Å². The van der Waals surface area contributed by atoms with Crippen LogP contribution in [0.2, 0.25) is 0 Å². The van der Waals surface area contributed by atoms with Crippen LogP contribution in [0.4, 0.5) is 5.69 Å². The highest BCUT2D eigenvalue weighted by molar-refractivity contribution is 7.99. The van der Waals surface area contributed by atoms with Crippen LogP contribution >= 0.6 is 11.8 Å². The number of nitrogens with one attached hydrogen (secondary N) is 1. The summed E-state index contributed by atoms with van der Waals surface area (Å²) in [5, 5.41) is 11.3. The molecular weight excluding hydrogens is 444 g/mol. The lowest BCUT2D eigenvalue weighted by Crippen LogP contribution is -2.36. The summed E-state index contributed by atoms with van der Waals surface area (Å²) in [4.78, 5) is 26.1. The second-order valence-electron chi connectivity index (χ2n) is 7.20. The number of methoxy groups -OCH3 is 2. The van der Waals surface area contributed by atoms with E-state index in [1.807, 2.05) is 31.2 Å². The summed E-state index contributed by atoms with van der Waals surface area (Å²) in [6, 6.07) is 12.7. The van der Waals surface area contributed by atoms with Crippen LogP contribution in [-0.2, 0) is 9.59 Å². The SMILES string of the molecule is COc1ccc(-c2nnc(SCC(=O)N(C)CC(=O)Nc3ccc(C)cc3)n2N)cc1OC. The molecule has 3 aromatic rings. The Morgan fingerprint density at radius 2 is 1.79 bits per heavy atom. The highest BCUT2D eigenvalue weighted by Crippen LogP contribution is 2.32. The number of nitrogens with two attached hydrogens (primary N) is 1. The maximum Gasteiger partial charge on any atom is 0.243 e. The Bertz CT molecular complexity index is 1130. The molecule has 0 atom stereocenters. The first kappa shape index (κ1) is 23.9. The maximum absolute atomic E-state index is 12.5. The van der Waals surface area contributed by atoms with Crippen LogP contribution in [0.3, 0.4) is 0 Å². The molecule has 3 rings (SSSR count). The number of carbonyl (C=O) groups is 2. The van der Waals surface area contributed by atoms with E-state index in [4.69, 9.17) is 15.3 Å². The fourth-order valence-corrected chi connectivity index (χ4v) is 3.72. The summed E-state index contributed by atoms with van der Waals surface area (Å²) in [6.45, 7) is 1.90. The average Bonchev–Trinajstić information content (AvgIpc) is 3.18. The monoisotopic (exact) mass is 470 g/mol. The van der Waals surface area contributed by atoms with E-state index >= 15 is 0 Å². The van der Waals surface area contributed by atoms with Gasteiger partial charge in [0.25, 0.3) is 0 Å². The van der Waals surface area contributed by atoms with Gasteiger partial charge in [0.05, 0.1) is 26.5 Å². The first-order chi connectivity index (χ1) is 15.8. The first-order valence-electron chi connectivity index (χ1n) is 9.98. The van der Waals surface area contributed by atoms with Crippen LogP contribution in [0.15, 0.2) is 47.6 Å². The molecule has 0 fully saturated rings. The zero-order valence-electron chi connectivity index (χ0n) is 18.9. The molecule has 174 valence electrons. The van der Waals surface area contributed by atoms with Crippen molar-refractivity contribution in [2.45, 2.75) is 12.1 Å². The van der Waals surface area contributed by atoms with Crippen molar-refractivity contribution >= 4 is 29.3 Å². The molecule has 0 spiro atoms. The third kappa shape index (κ3) is 5.95. The van der Waals surface area contributed by atoms with Crippen molar-refractivity contribution < 1.29 is 19.1 Å². The molecule has 0 aliphatic heterocycles. The van der Waals surface area contributed by atoms with Gasteiger partial charge in [-0.15, -0.1) is 10.2 Å². The first-order valence-corrected chi connectivity index (χ1v) is 11.0. The Morgan fingerprint density at radius 1 is 1.09 bits per heavy atom. The van der Waals surface area contributed by atoms with Crippen LogP contribution in [0.1, 0.15) is 5.56 Å². The van der Waals surface area contributed by atoms with E-state index in [9.17, 15) is 9.59 Å². The summed E-state index contributed by atoms with van der Waals surface area (Å²) in [5.74, 6) is 7.21. The van der Waals surface area contributed by atoms with Gasteiger partial charge in [0, 0.05) is 18.3 Å². The van der Waals surface area contributed by atoms with Crippen molar-refractivity contribution in [1.29, 1.82) is 0 Å². The van der Waals surface area contributed by atoms with Crippen molar-refractivity contribution in [3.63, 3.8) is 0 Å². The predicted octanol–water partition coefficient (Wildman–Crippen LogP) is 2.17. The van der Waals surface area contributed by atoms with Crippen LogP contribution < -0.4 is 20.6 Å². The Morgan fingerprint density at radius 3 is 2.45 bits per heavy atom. The number of likely N-dealkylation sites (N-methyl/N-ethyl adjacent to an activating group) is 1. The van der Waals surface area contributed by atoms with Gasteiger partial charge in [-0.25, -0.2) is 4.68 Å². The van der Waals surface area contributed by atoms with Crippen molar-refractivity contribution in [3.8, 4) is 22.9 Å².